The van der Waals surface area contributed by atoms with Crippen LogP contribution in [0.15, 0.2) is 47.5 Å². The van der Waals surface area contributed by atoms with Crippen LogP contribution < -0.4 is 4.90 Å². The highest BCUT2D eigenvalue weighted by Crippen LogP contribution is 2.43. The fourth-order valence-corrected chi connectivity index (χ4v) is 3.96. The molecule has 3 heteroatoms. The topological polar surface area (TPSA) is 35.8 Å². The van der Waals surface area contributed by atoms with Gasteiger partial charge in [-0.1, -0.05) is 26.0 Å². The van der Waals surface area contributed by atoms with Crippen LogP contribution in [-0.4, -0.2) is 23.4 Å². The van der Waals surface area contributed by atoms with Crippen LogP contribution in [0.4, 0.5) is 11.4 Å². The van der Waals surface area contributed by atoms with Crippen LogP contribution in [0.5, 0.6) is 5.75 Å². The Hall–Kier alpha value is -2.29. The molecule has 1 aliphatic rings. The Labute approximate surface area is 151 Å². The number of nitrogens with zero attached hydrogens (tertiary/aromatic N) is 2. The van der Waals surface area contributed by atoms with E-state index in [2.05, 4.69) is 55.8 Å². The van der Waals surface area contributed by atoms with Crippen molar-refractivity contribution in [3.63, 3.8) is 0 Å². The maximum atomic E-state index is 9.55. The largest absolute Gasteiger partial charge is 0.508 e. The van der Waals surface area contributed by atoms with Gasteiger partial charge in [-0.3, -0.25) is 4.99 Å². The first-order valence-corrected chi connectivity index (χ1v) is 9.15. The summed E-state index contributed by atoms with van der Waals surface area (Å²) in [5, 5.41) is 9.55. The van der Waals surface area contributed by atoms with E-state index >= 15 is 0 Å². The molecule has 2 aromatic carbocycles. The highest BCUT2D eigenvalue weighted by molar-refractivity contribution is 5.84. The number of hydrogen-bond donors (Lipinski definition) is 1. The van der Waals surface area contributed by atoms with Crippen molar-refractivity contribution in [1.29, 1.82) is 0 Å². The summed E-state index contributed by atoms with van der Waals surface area (Å²) in [7, 11) is 0. The van der Waals surface area contributed by atoms with E-state index in [9.17, 15) is 5.11 Å². The number of phenolic OH excluding ortho intramolecular Hbond substituents is 1. The van der Waals surface area contributed by atoms with Crippen molar-refractivity contribution in [1.82, 2.24) is 0 Å². The number of anilines is 1. The van der Waals surface area contributed by atoms with Crippen molar-refractivity contribution in [2.45, 2.75) is 52.0 Å². The summed E-state index contributed by atoms with van der Waals surface area (Å²) in [5.41, 5.74) is 4.83. The van der Waals surface area contributed by atoms with Crippen molar-refractivity contribution in [2.24, 2.45) is 4.99 Å². The average molecular weight is 336 g/mol. The predicted octanol–water partition coefficient (Wildman–Crippen LogP) is 5.65. The molecule has 0 amide bonds. The minimum absolute atomic E-state index is 0.194. The maximum absolute atomic E-state index is 9.55. The molecule has 1 N–H and O–H groups in total. The van der Waals surface area contributed by atoms with E-state index in [4.69, 9.17) is 0 Å². The van der Waals surface area contributed by atoms with Crippen LogP contribution in [0.3, 0.4) is 0 Å². The third-order valence-electron chi connectivity index (χ3n) is 5.05. The van der Waals surface area contributed by atoms with Gasteiger partial charge in [-0.25, -0.2) is 0 Å². The van der Waals surface area contributed by atoms with Crippen molar-refractivity contribution in [3.05, 3.63) is 53.6 Å². The van der Waals surface area contributed by atoms with Gasteiger partial charge in [0.25, 0.3) is 0 Å². The monoisotopic (exact) mass is 336 g/mol. The molecule has 3 nitrogen and oxygen atoms in total. The summed E-state index contributed by atoms with van der Waals surface area (Å²) in [4.78, 5) is 7.05. The molecule has 1 unspecified atom stereocenters. The number of benzene rings is 2. The minimum atomic E-state index is 0.194. The zero-order valence-corrected chi connectivity index (χ0v) is 15.7. The molecule has 0 aliphatic carbocycles. The van der Waals surface area contributed by atoms with Crippen molar-refractivity contribution < 1.29 is 5.11 Å². The van der Waals surface area contributed by atoms with Crippen molar-refractivity contribution in [3.8, 4) is 5.75 Å². The molecule has 0 saturated heterocycles. The van der Waals surface area contributed by atoms with Gasteiger partial charge in [0.1, 0.15) is 5.75 Å². The molecular formula is C22H28N2O. The first kappa shape index (κ1) is 17.5. The normalized spacial score (nSPS) is 19.2. The van der Waals surface area contributed by atoms with E-state index in [1.165, 1.54) is 11.3 Å². The standard InChI is InChI=1S/C22H28N2O/c1-5-11-24-21-10-9-17(12-20(21)16(2)14-22(24,3)4)15-23-18-7-6-8-19(25)13-18/h6-10,12-13,15-16,25H,5,11,14H2,1-4H3. The fourth-order valence-electron chi connectivity index (χ4n) is 3.96. The van der Waals surface area contributed by atoms with Crippen LogP contribution in [0.25, 0.3) is 0 Å². The van der Waals surface area contributed by atoms with E-state index in [1.807, 2.05) is 18.3 Å². The highest BCUT2D eigenvalue weighted by Gasteiger charge is 2.35. The summed E-state index contributed by atoms with van der Waals surface area (Å²) in [6.07, 6.45) is 4.19. The van der Waals surface area contributed by atoms with E-state index in [0.717, 1.165) is 30.6 Å². The van der Waals surface area contributed by atoms with Gasteiger partial charge in [0.05, 0.1) is 5.69 Å². The van der Waals surface area contributed by atoms with Gasteiger partial charge in [0, 0.05) is 30.1 Å². The fraction of sp³-hybridized carbons (Fsp3) is 0.409. The van der Waals surface area contributed by atoms with Gasteiger partial charge >= 0.3 is 0 Å². The number of hydrogen-bond acceptors (Lipinski definition) is 3. The maximum Gasteiger partial charge on any atom is 0.117 e. The van der Waals surface area contributed by atoms with Crippen molar-refractivity contribution >= 4 is 17.6 Å². The second-order valence-corrected chi connectivity index (χ2v) is 7.67. The lowest BCUT2D eigenvalue weighted by molar-refractivity contribution is 0.376. The van der Waals surface area contributed by atoms with Gasteiger partial charge in [-0.2, -0.15) is 0 Å². The van der Waals surface area contributed by atoms with Gasteiger partial charge in [0.2, 0.25) is 0 Å². The highest BCUT2D eigenvalue weighted by atomic mass is 16.3. The van der Waals surface area contributed by atoms with Crippen molar-refractivity contribution in [2.75, 3.05) is 11.4 Å². The van der Waals surface area contributed by atoms with E-state index in [-0.39, 0.29) is 11.3 Å². The lowest BCUT2D eigenvalue weighted by atomic mass is 9.79. The summed E-state index contributed by atoms with van der Waals surface area (Å²) in [6, 6.07) is 13.7. The van der Waals surface area contributed by atoms with Crippen LogP contribution in [-0.2, 0) is 0 Å². The molecule has 25 heavy (non-hydrogen) atoms. The molecule has 0 bridgehead atoms. The zero-order chi connectivity index (χ0) is 18.0. The Morgan fingerprint density at radius 3 is 2.76 bits per heavy atom. The van der Waals surface area contributed by atoms with Crippen LogP contribution in [0, 0.1) is 0 Å². The smallest absolute Gasteiger partial charge is 0.117 e. The molecule has 1 atom stereocenters. The molecule has 1 aliphatic heterocycles. The lowest BCUT2D eigenvalue weighted by Crippen LogP contribution is -2.48. The SMILES string of the molecule is CCCN1c2ccc(C=Nc3cccc(O)c3)cc2C(C)CC1(C)C. The molecule has 2 aromatic rings. The Bertz CT molecular complexity index is 779. The van der Waals surface area contributed by atoms with E-state index in [1.54, 1.807) is 12.1 Å². The molecule has 0 aromatic heterocycles. The van der Waals surface area contributed by atoms with E-state index < -0.39 is 0 Å². The minimum Gasteiger partial charge on any atom is -0.508 e. The number of aliphatic imine (C=N–C) groups is 1. The predicted molar refractivity (Wildman–Crippen MR) is 107 cm³/mol. The first-order valence-electron chi connectivity index (χ1n) is 9.15. The van der Waals surface area contributed by atoms with Crippen LogP contribution >= 0.6 is 0 Å². The first-order chi connectivity index (χ1) is 11.9. The molecule has 0 fully saturated rings. The molecule has 1 heterocycles. The molecule has 0 spiro atoms. The molecule has 0 radical (unpaired) electrons. The summed E-state index contributed by atoms with van der Waals surface area (Å²) in [6.45, 7) is 10.3. The summed E-state index contributed by atoms with van der Waals surface area (Å²) in [5.74, 6) is 0.776. The second kappa shape index (κ2) is 6.91. The number of aromatic hydroxyl groups is 1. The number of fused-ring (bicyclic) bond motifs is 1. The quantitative estimate of drug-likeness (QED) is 0.733. The average Bonchev–Trinajstić information content (AvgIpc) is 2.56. The zero-order valence-electron chi connectivity index (χ0n) is 15.7. The Morgan fingerprint density at radius 2 is 2.04 bits per heavy atom. The molecule has 3 rings (SSSR count). The number of rotatable bonds is 4. The van der Waals surface area contributed by atoms with Crippen LogP contribution in [0.1, 0.15) is 57.6 Å². The van der Waals surface area contributed by atoms with Gasteiger partial charge < -0.3 is 10.0 Å². The lowest BCUT2D eigenvalue weighted by Gasteiger charge is -2.47. The number of phenols is 1. The molecule has 0 saturated carbocycles. The summed E-state index contributed by atoms with van der Waals surface area (Å²) < 4.78 is 0. The van der Waals surface area contributed by atoms with Crippen LogP contribution in [0.2, 0.25) is 0 Å². The molecule has 132 valence electrons. The van der Waals surface area contributed by atoms with Gasteiger partial charge in [-0.15, -0.1) is 0 Å². The molecular weight excluding hydrogens is 308 g/mol. The summed E-state index contributed by atoms with van der Waals surface area (Å²) >= 11 is 0. The Kier molecular flexibility index (Phi) is 4.85. The second-order valence-electron chi connectivity index (χ2n) is 7.67. The van der Waals surface area contributed by atoms with Gasteiger partial charge in [0.15, 0.2) is 0 Å². The Morgan fingerprint density at radius 1 is 1.24 bits per heavy atom. The third-order valence-corrected chi connectivity index (χ3v) is 5.05. The Balaban J connectivity index is 1.92. The van der Waals surface area contributed by atoms with Gasteiger partial charge in [-0.05, 0) is 68.0 Å². The van der Waals surface area contributed by atoms with E-state index in [0.29, 0.717) is 5.92 Å². The third kappa shape index (κ3) is 3.71.